The van der Waals surface area contributed by atoms with E-state index in [9.17, 15) is 0 Å². The Bertz CT molecular complexity index is 523. The summed E-state index contributed by atoms with van der Waals surface area (Å²) in [5.41, 5.74) is 4.04. The first-order chi connectivity index (χ1) is 9.36. The van der Waals surface area contributed by atoms with Crippen LogP contribution in [0.25, 0.3) is 0 Å². The molecule has 1 N–H and O–H groups in total. The van der Waals surface area contributed by atoms with E-state index in [-0.39, 0.29) is 0 Å². The van der Waals surface area contributed by atoms with Crippen LogP contribution < -0.4 is 5.32 Å². The lowest BCUT2D eigenvalue weighted by atomic mass is 10.1. The van der Waals surface area contributed by atoms with E-state index in [1.165, 1.54) is 29.7 Å². The molecule has 1 fully saturated rings. The molecule has 100 valence electrons. The summed E-state index contributed by atoms with van der Waals surface area (Å²) in [6.45, 7) is 4.00. The van der Waals surface area contributed by atoms with Crippen molar-refractivity contribution in [3.8, 4) is 0 Å². The summed E-state index contributed by atoms with van der Waals surface area (Å²) in [6, 6.07) is 9.56. The van der Waals surface area contributed by atoms with Gasteiger partial charge in [-0.25, -0.2) is 4.98 Å². The second-order valence-corrected chi connectivity index (χ2v) is 5.30. The molecule has 3 heteroatoms. The molecule has 1 heterocycles. The van der Waals surface area contributed by atoms with E-state index in [1.807, 2.05) is 12.5 Å². The fourth-order valence-corrected chi connectivity index (χ4v) is 2.38. The number of aryl methyl sites for hydroxylation is 1. The number of nitrogens with one attached hydrogen (secondary N) is 1. The molecular weight excluding hydrogens is 234 g/mol. The predicted octanol–water partition coefficient (Wildman–Crippen LogP) is 3.07. The Labute approximate surface area is 114 Å². The zero-order valence-corrected chi connectivity index (χ0v) is 11.5. The molecule has 0 radical (unpaired) electrons. The van der Waals surface area contributed by atoms with Gasteiger partial charge in [0, 0.05) is 25.3 Å². The van der Waals surface area contributed by atoms with E-state index in [1.54, 1.807) is 0 Å². The Morgan fingerprint density at radius 1 is 1.16 bits per heavy atom. The van der Waals surface area contributed by atoms with Crippen molar-refractivity contribution >= 4 is 0 Å². The lowest BCUT2D eigenvalue weighted by Crippen LogP contribution is -2.15. The van der Waals surface area contributed by atoms with Crippen molar-refractivity contribution in [2.24, 2.45) is 0 Å². The molecule has 1 aromatic carbocycles. The molecule has 0 aliphatic heterocycles. The number of rotatable bonds is 6. The van der Waals surface area contributed by atoms with Gasteiger partial charge < -0.3 is 9.88 Å². The minimum Gasteiger partial charge on any atom is -0.330 e. The Kier molecular flexibility index (Phi) is 3.65. The fraction of sp³-hybridized carbons (Fsp3) is 0.438. The van der Waals surface area contributed by atoms with Crippen LogP contribution in [0.4, 0.5) is 0 Å². The van der Waals surface area contributed by atoms with Crippen LogP contribution in [-0.2, 0) is 19.5 Å². The Balaban J connectivity index is 1.53. The SMILES string of the molecule is CCc1ccc(CNCc2cncn2C2CC2)cc1. The molecule has 1 aliphatic rings. The molecule has 3 nitrogen and oxygen atoms in total. The van der Waals surface area contributed by atoms with Crippen LogP contribution in [0.1, 0.15) is 42.6 Å². The summed E-state index contributed by atoms with van der Waals surface area (Å²) in [5.74, 6) is 0. The number of nitrogens with zero attached hydrogens (tertiary/aromatic N) is 2. The molecule has 0 amide bonds. The van der Waals surface area contributed by atoms with Crippen LogP contribution in [0.2, 0.25) is 0 Å². The lowest BCUT2D eigenvalue weighted by Gasteiger charge is -2.08. The first-order valence-corrected chi connectivity index (χ1v) is 7.16. The average molecular weight is 255 g/mol. The summed E-state index contributed by atoms with van der Waals surface area (Å²) in [7, 11) is 0. The maximum Gasteiger partial charge on any atom is 0.0951 e. The van der Waals surface area contributed by atoms with Gasteiger partial charge in [0.25, 0.3) is 0 Å². The molecule has 1 aromatic heterocycles. The highest BCUT2D eigenvalue weighted by Crippen LogP contribution is 2.35. The van der Waals surface area contributed by atoms with Gasteiger partial charge in [-0.2, -0.15) is 0 Å². The van der Waals surface area contributed by atoms with Crippen molar-refractivity contribution in [1.82, 2.24) is 14.9 Å². The molecule has 3 rings (SSSR count). The van der Waals surface area contributed by atoms with Crippen LogP contribution in [0.15, 0.2) is 36.8 Å². The highest BCUT2D eigenvalue weighted by molar-refractivity contribution is 5.22. The second-order valence-electron chi connectivity index (χ2n) is 5.30. The van der Waals surface area contributed by atoms with E-state index < -0.39 is 0 Å². The highest BCUT2D eigenvalue weighted by atomic mass is 15.1. The standard InChI is InChI=1S/C16H21N3/c1-2-13-3-5-14(6-4-13)9-17-10-16-11-18-12-19(16)15-7-8-15/h3-6,11-12,15,17H,2,7-10H2,1H3. The quantitative estimate of drug-likeness (QED) is 0.859. The summed E-state index contributed by atoms with van der Waals surface area (Å²) >= 11 is 0. The summed E-state index contributed by atoms with van der Waals surface area (Å²) in [4.78, 5) is 4.25. The number of imidazole rings is 1. The summed E-state index contributed by atoms with van der Waals surface area (Å²) in [5, 5.41) is 3.50. The van der Waals surface area contributed by atoms with Crippen molar-refractivity contribution in [3.05, 3.63) is 53.6 Å². The molecule has 0 unspecified atom stereocenters. The monoisotopic (exact) mass is 255 g/mol. The Morgan fingerprint density at radius 2 is 1.89 bits per heavy atom. The minimum atomic E-state index is 0.711. The summed E-state index contributed by atoms with van der Waals surface area (Å²) in [6.07, 6.45) is 7.66. The number of aromatic nitrogens is 2. The molecule has 2 aromatic rings. The van der Waals surface area contributed by atoms with Crippen molar-refractivity contribution in [2.75, 3.05) is 0 Å². The van der Waals surface area contributed by atoms with Gasteiger partial charge in [0.15, 0.2) is 0 Å². The van der Waals surface area contributed by atoms with E-state index in [0.29, 0.717) is 6.04 Å². The molecule has 1 saturated carbocycles. The van der Waals surface area contributed by atoms with Gasteiger partial charge in [0.2, 0.25) is 0 Å². The molecule has 0 saturated heterocycles. The zero-order valence-electron chi connectivity index (χ0n) is 11.5. The maximum absolute atomic E-state index is 4.25. The van der Waals surface area contributed by atoms with Crippen LogP contribution in [0.5, 0.6) is 0 Å². The third-order valence-electron chi connectivity index (χ3n) is 3.75. The van der Waals surface area contributed by atoms with Gasteiger partial charge in [-0.15, -0.1) is 0 Å². The predicted molar refractivity (Wildman–Crippen MR) is 76.9 cm³/mol. The van der Waals surface area contributed by atoms with Crippen molar-refractivity contribution in [2.45, 2.75) is 45.3 Å². The van der Waals surface area contributed by atoms with E-state index >= 15 is 0 Å². The summed E-state index contributed by atoms with van der Waals surface area (Å²) < 4.78 is 2.31. The van der Waals surface area contributed by atoms with Crippen molar-refractivity contribution < 1.29 is 0 Å². The third kappa shape index (κ3) is 3.04. The molecule has 19 heavy (non-hydrogen) atoms. The molecule has 0 atom stereocenters. The number of hydrogen-bond acceptors (Lipinski definition) is 2. The Morgan fingerprint density at radius 3 is 2.58 bits per heavy atom. The van der Waals surface area contributed by atoms with Gasteiger partial charge in [-0.1, -0.05) is 31.2 Å². The van der Waals surface area contributed by atoms with Crippen LogP contribution in [0, 0.1) is 0 Å². The van der Waals surface area contributed by atoms with Crippen LogP contribution in [0.3, 0.4) is 0 Å². The minimum absolute atomic E-state index is 0.711. The average Bonchev–Trinajstić information content (AvgIpc) is 3.19. The van der Waals surface area contributed by atoms with Crippen molar-refractivity contribution in [3.63, 3.8) is 0 Å². The number of hydrogen-bond donors (Lipinski definition) is 1. The molecular formula is C16H21N3. The van der Waals surface area contributed by atoms with Gasteiger partial charge in [-0.3, -0.25) is 0 Å². The largest absolute Gasteiger partial charge is 0.330 e. The van der Waals surface area contributed by atoms with Gasteiger partial charge >= 0.3 is 0 Å². The second kappa shape index (κ2) is 5.57. The van der Waals surface area contributed by atoms with Gasteiger partial charge in [0.1, 0.15) is 0 Å². The number of benzene rings is 1. The van der Waals surface area contributed by atoms with E-state index in [4.69, 9.17) is 0 Å². The van der Waals surface area contributed by atoms with E-state index in [0.717, 1.165) is 19.5 Å². The van der Waals surface area contributed by atoms with Crippen LogP contribution >= 0.6 is 0 Å². The smallest absolute Gasteiger partial charge is 0.0951 e. The topological polar surface area (TPSA) is 29.9 Å². The molecule has 0 spiro atoms. The Hall–Kier alpha value is -1.61. The first-order valence-electron chi connectivity index (χ1n) is 7.16. The molecule has 0 bridgehead atoms. The van der Waals surface area contributed by atoms with Crippen molar-refractivity contribution in [1.29, 1.82) is 0 Å². The van der Waals surface area contributed by atoms with Gasteiger partial charge in [0.05, 0.1) is 12.0 Å². The third-order valence-corrected chi connectivity index (χ3v) is 3.75. The zero-order chi connectivity index (χ0) is 13.1. The van der Waals surface area contributed by atoms with Gasteiger partial charge in [-0.05, 0) is 30.4 Å². The maximum atomic E-state index is 4.25. The van der Waals surface area contributed by atoms with Crippen LogP contribution in [-0.4, -0.2) is 9.55 Å². The first kappa shape index (κ1) is 12.4. The molecule has 1 aliphatic carbocycles. The van der Waals surface area contributed by atoms with E-state index in [2.05, 4.69) is 46.1 Å². The fourth-order valence-electron chi connectivity index (χ4n) is 2.38. The normalized spacial score (nSPS) is 14.8. The highest BCUT2D eigenvalue weighted by Gasteiger charge is 2.24. The lowest BCUT2D eigenvalue weighted by molar-refractivity contribution is 0.621.